The molecular weight excluding hydrogens is 214 g/mol. The van der Waals surface area contributed by atoms with E-state index in [9.17, 15) is 0 Å². The van der Waals surface area contributed by atoms with Crippen LogP contribution in [-0.2, 0) is 17.9 Å². The Labute approximate surface area is 105 Å². The first-order chi connectivity index (χ1) is 8.03. The highest BCUT2D eigenvalue weighted by atomic mass is 16.5. The minimum atomic E-state index is 0.123. The fourth-order valence-electron chi connectivity index (χ4n) is 1.42. The standard InChI is InChI=1S/C14H25NO2/c1-5-6-8-16-11-13-12(7-9-17-13)10-15-14(2,3)4/h7,9,15H,5-6,8,10-11H2,1-4H3. The molecule has 17 heavy (non-hydrogen) atoms. The van der Waals surface area contributed by atoms with Crippen LogP contribution in [0, 0.1) is 0 Å². The van der Waals surface area contributed by atoms with Crippen molar-refractivity contribution in [3.63, 3.8) is 0 Å². The Balaban J connectivity index is 2.37. The van der Waals surface area contributed by atoms with E-state index in [-0.39, 0.29) is 5.54 Å². The molecule has 0 amide bonds. The van der Waals surface area contributed by atoms with E-state index in [1.54, 1.807) is 6.26 Å². The van der Waals surface area contributed by atoms with Crippen LogP contribution < -0.4 is 5.32 Å². The number of unbranched alkanes of at least 4 members (excludes halogenated alkanes) is 1. The second kappa shape index (κ2) is 6.82. The molecule has 3 heteroatoms. The molecule has 0 saturated heterocycles. The number of furan rings is 1. The number of ether oxygens (including phenoxy) is 1. The van der Waals surface area contributed by atoms with Crippen molar-refractivity contribution < 1.29 is 9.15 Å². The molecule has 0 aromatic carbocycles. The Bertz CT molecular complexity index is 312. The van der Waals surface area contributed by atoms with Gasteiger partial charge in [-0.1, -0.05) is 13.3 Å². The molecule has 98 valence electrons. The van der Waals surface area contributed by atoms with Gasteiger partial charge in [0.05, 0.1) is 6.26 Å². The zero-order valence-corrected chi connectivity index (χ0v) is 11.5. The van der Waals surface area contributed by atoms with E-state index in [2.05, 4.69) is 33.0 Å². The first kappa shape index (κ1) is 14.3. The lowest BCUT2D eigenvalue weighted by molar-refractivity contribution is 0.103. The fraction of sp³-hybridized carbons (Fsp3) is 0.714. The predicted molar refractivity (Wildman–Crippen MR) is 69.9 cm³/mol. The molecule has 1 aromatic rings. The molecule has 0 spiro atoms. The quantitative estimate of drug-likeness (QED) is 0.740. The second-order valence-corrected chi connectivity index (χ2v) is 5.38. The zero-order chi connectivity index (χ0) is 12.7. The molecular formula is C14H25NO2. The van der Waals surface area contributed by atoms with Gasteiger partial charge in [0.15, 0.2) is 0 Å². The summed E-state index contributed by atoms with van der Waals surface area (Å²) < 4.78 is 11.0. The smallest absolute Gasteiger partial charge is 0.133 e. The van der Waals surface area contributed by atoms with E-state index in [0.29, 0.717) is 6.61 Å². The largest absolute Gasteiger partial charge is 0.467 e. The van der Waals surface area contributed by atoms with Crippen molar-refractivity contribution in [2.75, 3.05) is 6.61 Å². The van der Waals surface area contributed by atoms with Crippen molar-refractivity contribution in [3.05, 3.63) is 23.7 Å². The van der Waals surface area contributed by atoms with Crippen molar-refractivity contribution in [2.45, 2.75) is 59.2 Å². The first-order valence-electron chi connectivity index (χ1n) is 6.41. The van der Waals surface area contributed by atoms with Gasteiger partial charge in [0.2, 0.25) is 0 Å². The Morgan fingerprint density at radius 3 is 2.76 bits per heavy atom. The minimum Gasteiger partial charge on any atom is -0.467 e. The zero-order valence-electron chi connectivity index (χ0n) is 11.5. The number of rotatable bonds is 7. The lowest BCUT2D eigenvalue weighted by Gasteiger charge is -2.20. The summed E-state index contributed by atoms with van der Waals surface area (Å²) in [6, 6.07) is 2.01. The number of hydrogen-bond acceptors (Lipinski definition) is 3. The van der Waals surface area contributed by atoms with E-state index >= 15 is 0 Å². The average Bonchev–Trinajstić information content (AvgIpc) is 2.68. The van der Waals surface area contributed by atoms with Gasteiger partial charge in [-0.3, -0.25) is 0 Å². The Morgan fingerprint density at radius 1 is 1.35 bits per heavy atom. The summed E-state index contributed by atoms with van der Waals surface area (Å²) in [6.07, 6.45) is 4.01. The van der Waals surface area contributed by atoms with Crippen LogP contribution in [0.1, 0.15) is 51.9 Å². The molecule has 3 nitrogen and oxygen atoms in total. The van der Waals surface area contributed by atoms with Gasteiger partial charge in [-0.2, -0.15) is 0 Å². The predicted octanol–water partition coefficient (Wildman–Crippen LogP) is 3.48. The topological polar surface area (TPSA) is 34.4 Å². The molecule has 0 aliphatic rings. The molecule has 0 bridgehead atoms. The van der Waals surface area contributed by atoms with Crippen molar-refractivity contribution in [3.8, 4) is 0 Å². The summed E-state index contributed by atoms with van der Waals surface area (Å²) in [5.41, 5.74) is 1.31. The summed E-state index contributed by atoms with van der Waals surface area (Å²) in [5, 5.41) is 3.45. The van der Waals surface area contributed by atoms with Crippen LogP contribution in [0.4, 0.5) is 0 Å². The molecule has 0 aliphatic heterocycles. The summed E-state index contributed by atoms with van der Waals surface area (Å²) in [6.45, 7) is 10.8. The van der Waals surface area contributed by atoms with Crippen LogP contribution in [0.15, 0.2) is 16.7 Å². The first-order valence-corrected chi connectivity index (χ1v) is 6.41. The Hall–Kier alpha value is -0.800. The van der Waals surface area contributed by atoms with Crippen molar-refractivity contribution in [2.24, 2.45) is 0 Å². The van der Waals surface area contributed by atoms with Crippen LogP contribution in [-0.4, -0.2) is 12.1 Å². The van der Waals surface area contributed by atoms with Gasteiger partial charge in [0.1, 0.15) is 12.4 Å². The molecule has 0 atom stereocenters. The van der Waals surface area contributed by atoms with Gasteiger partial charge in [-0.05, 0) is 33.3 Å². The third-order valence-corrected chi connectivity index (χ3v) is 2.52. The normalized spacial score (nSPS) is 12.0. The molecule has 0 unspecified atom stereocenters. The van der Waals surface area contributed by atoms with Crippen molar-refractivity contribution in [1.82, 2.24) is 5.32 Å². The highest BCUT2D eigenvalue weighted by molar-refractivity contribution is 5.16. The SMILES string of the molecule is CCCCOCc1occc1CNC(C)(C)C. The molecule has 1 heterocycles. The summed E-state index contributed by atoms with van der Waals surface area (Å²) in [5.74, 6) is 0.942. The maximum absolute atomic E-state index is 5.57. The lowest BCUT2D eigenvalue weighted by Crippen LogP contribution is -2.35. The molecule has 0 fully saturated rings. The molecule has 1 N–H and O–H groups in total. The van der Waals surface area contributed by atoms with Crippen LogP contribution in [0.25, 0.3) is 0 Å². The van der Waals surface area contributed by atoms with Gasteiger partial charge in [0, 0.05) is 24.3 Å². The van der Waals surface area contributed by atoms with E-state index < -0.39 is 0 Å². The third kappa shape index (κ3) is 5.89. The van der Waals surface area contributed by atoms with E-state index in [4.69, 9.17) is 9.15 Å². The molecule has 1 aromatic heterocycles. The van der Waals surface area contributed by atoms with Gasteiger partial charge < -0.3 is 14.5 Å². The van der Waals surface area contributed by atoms with Gasteiger partial charge in [-0.25, -0.2) is 0 Å². The Kier molecular flexibility index (Phi) is 5.72. The molecule has 0 aliphatic carbocycles. The van der Waals surface area contributed by atoms with Crippen LogP contribution >= 0.6 is 0 Å². The van der Waals surface area contributed by atoms with Crippen molar-refractivity contribution in [1.29, 1.82) is 0 Å². The minimum absolute atomic E-state index is 0.123. The Morgan fingerprint density at radius 2 is 2.12 bits per heavy atom. The number of hydrogen-bond donors (Lipinski definition) is 1. The monoisotopic (exact) mass is 239 g/mol. The summed E-state index contributed by atoms with van der Waals surface area (Å²) in [4.78, 5) is 0. The third-order valence-electron chi connectivity index (χ3n) is 2.52. The van der Waals surface area contributed by atoms with E-state index in [1.165, 1.54) is 5.56 Å². The van der Waals surface area contributed by atoms with Crippen molar-refractivity contribution >= 4 is 0 Å². The molecule has 0 radical (unpaired) electrons. The number of nitrogens with one attached hydrogen (secondary N) is 1. The van der Waals surface area contributed by atoms with Crippen LogP contribution in [0.3, 0.4) is 0 Å². The second-order valence-electron chi connectivity index (χ2n) is 5.38. The van der Waals surface area contributed by atoms with Crippen LogP contribution in [0.2, 0.25) is 0 Å². The van der Waals surface area contributed by atoms with E-state index in [1.807, 2.05) is 6.07 Å². The van der Waals surface area contributed by atoms with Crippen LogP contribution in [0.5, 0.6) is 0 Å². The highest BCUT2D eigenvalue weighted by Crippen LogP contribution is 2.13. The van der Waals surface area contributed by atoms with E-state index in [0.717, 1.165) is 31.8 Å². The molecule has 0 saturated carbocycles. The maximum atomic E-state index is 5.57. The average molecular weight is 239 g/mol. The van der Waals surface area contributed by atoms with Gasteiger partial charge in [0.25, 0.3) is 0 Å². The molecule has 1 rings (SSSR count). The maximum Gasteiger partial charge on any atom is 0.133 e. The van der Waals surface area contributed by atoms with Gasteiger partial charge in [-0.15, -0.1) is 0 Å². The summed E-state index contributed by atoms with van der Waals surface area (Å²) >= 11 is 0. The highest BCUT2D eigenvalue weighted by Gasteiger charge is 2.12. The summed E-state index contributed by atoms with van der Waals surface area (Å²) in [7, 11) is 0. The lowest BCUT2D eigenvalue weighted by atomic mass is 10.1. The van der Waals surface area contributed by atoms with Gasteiger partial charge >= 0.3 is 0 Å². The fourth-order valence-corrected chi connectivity index (χ4v) is 1.42.